The van der Waals surface area contributed by atoms with Crippen LogP contribution in [0.3, 0.4) is 0 Å². The van der Waals surface area contributed by atoms with Gasteiger partial charge in [0.1, 0.15) is 5.78 Å². The molecule has 1 aliphatic rings. The molecular weight excluding hydrogens is 414 g/mol. The summed E-state index contributed by atoms with van der Waals surface area (Å²) in [7, 11) is 7.62. The number of rotatable bonds is 9. The van der Waals surface area contributed by atoms with Crippen LogP contribution in [-0.4, -0.2) is 53.0 Å². The van der Waals surface area contributed by atoms with Crippen molar-refractivity contribution in [3.05, 3.63) is 34.4 Å². The summed E-state index contributed by atoms with van der Waals surface area (Å²) < 4.78 is 27.0. The highest BCUT2D eigenvalue weighted by Crippen LogP contribution is 2.49. The fraction of sp³-hybridized carbons (Fsp3) is 0.458. The van der Waals surface area contributed by atoms with Crippen LogP contribution in [0.2, 0.25) is 0 Å². The highest BCUT2D eigenvalue weighted by atomic mass is 16.5. The Bertz CT molecular complexity index is 972. The molecule has 0 saturated carbocycles. The maximum Gasteiger partial charge on any atom is 0.207 e. The Balaban J connectivity index is 1.89. The summed E-state index contributed by atoms with van der Waals surface area (Å²) >= 11 is 0. The molecule has 0 aliphatic carbocycles. The summed E-state index contributed by atoms with van der Waals surface area (Å²) in [6.07, 6.45) is 1.14. The van der Waals surface area contributed by atoms with E-state index < -0.39 is 0 Å². The van der Waals surface area contributed by atoms with Gasteiger partial charge in [-0.3, -0.25) is 4.79 Å². The number of methoxy groups -OCH3 is 5. The number of phenols is 1. The molecule has 174 valence electrons. The largest absolute Gasteiger partial charge is 0.504 e. The van der Waals surface area contributed by atoms with E-state index in [0.717, 1.165) is 24.1 Å². The molecule has 1 aliphatic heterocycles. The maximum absolute atomic E-state index is 13.1. The zero-order chi connectivity index (χ0) is 23.4. The van der Waals surface area contributed by atoms with Crippen molar-refractivity contribution in [2.24, 2.45) is 0 Å². The number of hydrogen-bond donors (Lipinski definition) is 2. The van der Waals surface area contributed by atoms with Crippen molar-refractivity contribution in [2.45, 2.75) is 32.2 Å². The Morgan fingerprint density at radius 3 is 2.19 bits per heavy atom. The van der Waals surface area contributed by atoms with Gasteiger partial charge in [-0.2, -0.15) is 0 Å². The Morgan fingerprint density at radius 2 is 1.59 bits per heavy atom. The van der Waals surface area contributed by atoms with Crippen LogP contribution in [0.4, 0.5) is 0 Å². The second-order valence-electron chi connectivity index (χ2n) is 7.63. The van der Waals surface area contributed by atoms with Crippen LogP contribution in [0.15, 0.2) is 12.1 Å². The molecule has 3 rings (SSSR count). The molecule has 0 saturated heterocycles. The maximum atomic E-state index is 13.1. The third kappa shape index (κ3) is 4.27. The van der Waals surface area contributed by atoms with Crippen molar-refractivity contribution < 1.29 is 33.6 Å². The quantitative estimate of drug-likeness (QED) is 0.608. The smallest absolute Gasteiger partial charge is 0.207 e. The summed E-state index contributed by atoms with van der Waals surface area (Å²) in [5.74, 6) is 2.04. The number of benzene rings is 2. The van der Waals surface area contributed by atoms with Gasteiger partial charge >= 0.3 is 0 Å². The van der Waals surface area contributed by atoms with Crippen molar-refractivity contribution >= 4 is 5.78 Å². The first-order valence-electron chi connectivity index (χ1n) is 10.4. The van der Waals surface area contributed by atoms with E-state index in [0.29, 0.717) is 34.1 Å². The Labute approximate surface area is 188 Å². The first kappa shape index (κ1) is 23.5. The van der Waals surface area contributed by atoms with E-state index in [9.17, 15) is 9.90 Å². The number of ketones is 1. The van der Waals surface area contributed by atoms with Gasteiger partial charge in [0.15, 0.2) is 23.0 Å². The standard InChI is InChI=1S/C24H31NO7/c1-13-16(21(27)23(31-5)24(32-6)22(13)30-4)10-15(26)11-18-17-12-20(29-3)19(28-2)9-14(17)7-8-25-18/h9,12,18,25,27H,7-8,10-11H2,1-6H3. The Hall–Kier alpha value is -3.13. The number of Topliss-reactive ketones (excluding diaryl/α,β-unsaturated/α-hetero) is 1. The molecule has 8 heteroatoms. The summed E-state index contributed by atoms with van der Waals surface area (Å²) in [4.78, 5) is 13.1. The van der Waals surface area contributed by atoms with Crippen molar-refractivity contribution in [3.63, 3.8) is 0 Å². The number of carbonyl (C=O) groups is 1. The van der Waals surface area contributed by atoms with E-state index in [1.54, 1.807) is 21.1 Å². The Kier molecular flexibility index (Phi) is 7.35. The highest BCUT2D eigenvalue weighted by Gasteiger charge is 2.28. The lowest BCUT2D eigenvalue weighted by atomic mass is 9.89. The van der Waals surface area contributed by atoms with E-state index in [-0.39, 0.29) is 36.2 Å². The number of fused-ring (bicyclic) bond motifs is 1. The molecule has 2 aromatic carbocycles. The van der Waals surface area contributed by atoms with Gasteiger partial charge < -0.3 is 34.1 Å². The van der Waals surface area contributed by atoms with Crippen LogP contribution < -0.4 is 29.0 Å². The highest BCUT2D eigenvalue weighted by molar-refractivity contribution is 5.84. The van der Waals surface area contributed by atoms with Gasteiger partial charge in [-0.1, -0.05) is 0 Å². The molecule has 0 aromatic heterocycles. The molecule has 32 heavy (non-hydrogen) atoms. The van der Waals surface area contributed by atoms with Crippen LogP contribution in [0.5, 0.6) is 34.5 Å². The van der Waals surface area contributed by atoms with Crippen molar-refractivity contribution in [2.75, 3.05) is 42.1 Å². The van der Waals surface area contributed by atoms with Gasteiger partial charge in [0.05, 0.1) is 35.5 Å². The average molecular weight is 446 g/mol. The van der Waals surface area contributed by atoms with Gasteiger partial charge in [0.25, 0.3) is 0 Å². The van der Waals surface area contributed by atoms with Crippen molar-refractivity contribution in [1.29, 1.82) is 0 Å². The van der Waals surface area contributed by atoms with E-state index in [1.807, 2.05) is 12.1 Å². The monoisotopic (exact) mass is 445 g/mol. The van der Waals surface area contributed by atoms with Crippen molar-refractivity contribution in [3.8, 4) is 34.5 Å². The zero-order valence-corrected chi connectivity index (χ0v) is 19.5. The topological polar surface area (TPSA) is 95.5 Å². The van der Waals surface area contributed by atoms with E-state index >= 15 is 0 Å². The van der Waals surface area contributed by atoms with Crippen LogP contribution in [-0.2, 0) is 17.6 Å². The fourth-order valence-electron chi connectivity index (χ4n) is 4.32. The average Bonchev–Trinajstić information content (AvgIpc) is 2.80. The minimum absolute atomic E-state index is 0.0298. The number of aromatic hydroxyl groups is 1. The number of phenolic OH excluding ortho intramolecular Hbond substituents is 1. The fourth-order valence-corrected chi connectivity index (χ4v) is 4.32. The Morgan fingerprint density at radius 1 is 0.969 bits per heavy atom. The molecule has 0 bridgehead atoms. The predicted molar refractivity (Wildman–Crippen MR) is 120 cm³/mol. The second kappa shape index (κ2) is 9.99. The number of ether oxygens (including phenoxy) is 5. The summed E-state index contributed by atoms with van der Waals surface area (Å²) in [5.41, 5.74) is 3.26. The lowest BCUT2D eigenvalue weighted by Gasteiger charge is -2.28. The van der Waals surface area contributed by atoms with E-state index in [2.05, 4.69) is 5.32 Å². The van der Waals surface area contributed by atoms with Crippen LogP contribution in [0.25, 0.3) is 0 Å². The summed E-state index contributed by atoms with van der Waals surface area (Å²) in [6.45, 7) is 2.54. The molecule has 0 amide bonds. The SMILES string of the molecule is COc1cc2c(cc1OC)C(CC(=O)Cc1c(C)c(OC)c(OC)c(OC)c1O)NCC2. The first-order chi connectivity index (χ1) is 15.4. The molecule has 0 radical (unpaired) electrons. The van der Waals surface area contributed by atoms with E-state index in [4.69, 9.17) is 23.7 Å². The minimum atomic E-state index is -0.157. The molecule has 0 spiro atoms. The van der Waals surface area contributed by atoms with E-state index in [1.165, 1.54) is 21.3 Å². The summed E-state index contributed by atoms with van der Waals surface area (Å²) in [6, 6.07) is 3.75. The summed E-state index contributed by atoms with van der Waals surface area (Å²) in [5, 5.41) is 14.2. The lowest BCUT2D eigenvalue weighted by molar-refractivity contribution is -0.119. The molecule has 2 N–H and O–H groups in total. The van der Waals surface area contributed by atoms with Gasteiger partial charge in [0.2, 0.25) is 11.5 Å². The van der Waals surface area contributed by atoms with Crippen LogP contribution in [0, 0.1) is 6.92 Å². The lowest BCUT2D eigenvalue weighted by Crippen LogP contribution is -2.31. The third-order valence-electron chi connectivity index (χ3n) is 5.93. The number of carbonyl (C=O) groups excluding carboxylic acids is 1. The number of hydrogen-bond acceptors (Lipinski definition) is 8. The first-order valence-corrected chi connectivity index (χ1v) is 10.4. The number of nitrogens with one attached hydrogen (secondary N) is 1. The molecule has 1 heterocycles. The minimum Gasteiger partial charge on any atom is -0.504 e. The van der Waals surface area contributed by atoms with Crippen LogP contribution >= 0.6 is 0 Å². The zero-order valence-electron chi connectivity index (χ0n) is 19.5. The third-order valence-corrected chi connectivity index (χ3v) is 5.93. The van der Waals surface area contributed by atoms with Gasteiger partial charge in [0, 0.05) is 30.0 Å². The normalized spacial score (nSPS) is 15.0. The van der Waals surface area contributed by atoms with Gasteiger partial charge in [-0.05, 0) is 43.1 Å². The molecule has 2 aromatic rings. The predicted octanol–water partition coefficient (Wildman–Crippen LogP) is 3.13. The van der Waals surface area contributed by atoms with Crippen molar-refractivity contribution in [1.82, 2.24) is 5.32 Å². The molecule has 1 atom stereocenters. The van der Waals surface area contributed by atoms with Gasteiger partial charge in [-0.25, -0.2) is 0 Å². The second-order valence-corrected chi connectivity index (χ2v) is 7.63. The molecule has 1 unspecified atom stereocenters. The molecule has 8 nitrogen and oxygen atoms in total. The molecule has 0 fully saturated rings. The van der Waals surface area contributed by atoms with Gasteiger partial charge in [-0.15, -0.1) is 0 Å². The van der Waals surface area contributed by atoms with Crippen LogP contribution in [0.1, 0.15) is 34.7 Å². The molecular formula is C24H31NO7.